The Morgan fingerprint density at radius 3 is 1.76 bits per heavy atom. The van der Waals surface area contributed by atoms with Crippen molar-refractivity contribution in [3.05, 3.63) is 113 Å². The molecule has 1 nitrogen and oxygen atoms in total. The summed E-state index contributed by atoms with van der Waals surface area (Å²) in [5.74, 6) is 0.924. The fraction of sp³-hybridized carbons (Fsp3) is 0.250. The monoisotopic (exact) mass is 378 g/mol. The highest BCUT2D eigenvalue weighted by Crippen LogP contribution is 2.74. The van der Waals surface area contributed by atoms with Gasteiger partial charge in [-0.2, -0.15) is 0 Å². The summed E-state index contributed by atoms with van der Waals surface area (Å²) >= 11 is 0. The van der Waals surface area contributed by atoms with Gasteiger partial charge in [-0.15, -0.1) is 0 Å². The number of carbonyl (C=O) groups excluding carboxylic acids is 1. The van der Waals surface area contributed by atoms with Gasteiger partial charge in [-0.1, -0.05) is 97.4 Å². The molecule has 0 heterocycles. The molecule has 3 atom stereocenters. The first-order valence-electron chi connectivity index (χ1n) is 10.7. The lowest BCUT2D eigenvalue weighted by Gasteiger charge is -2.16. The van der Waals surface area contributed by atoms with Crippen molar-refractivity contribution in [3.63, 3.8) is 0 Å². The van der Waals surface area contributed by atoms with Gasteiger partial charge in [0, 0.05) is 17.3 Å². The van der Waals surface area contributed by atoms with Crippen LogP contribution < -0.4 is 0 Å². The van der Waals surface area contributed by atoms with Gasteiger partial charge in [0.25, 0.3) is 0 Å². The SMILES string of the molecule is O=C1/C(=C/c2ccccc2)CCCCC12[C@H](c1ccccc1)[C@@H]2c1ccccc1. The zero-order valence-corrected chi connectivity index (χ0v) is 16.6. The summed E-state index contributed by atoms with van der Waals surface area (Å²) in [6, 6.07) is 31.6. The van der Waals surface area contributed by atoms with Gasteiger partial charge in [0.15, 0.2) is 5.78 Å². The lowest BCUT2D eigenvalue weighted by molar-refractivity contribution is -0.120. The van der Waals surface area contributed by atoms with Crippen molar-refractivity contribution in [2.24, 2.45) is 5.41 Å². The second-order valence-corrected chi connectivity index (χ2v) is 8.43. The highest BCUT2D eigenvalue weighted by atomic mass is 16.1. The van der Waals surface area contributed by atoms with E-state index in [0.29, 0.717) is 5.78 Å². The lowest BCUT2D eigenvalue weighted by atomic mass is 9.85. The molecule has 2 saturated carbocycles. The highest BCUT2D eigenvalue weighted by molar-refractivity contribution is 6.07. The van der Waals surface area contributed by atoms with Crippen LogP contribution in [0.5, 0.6) is 0 Å². The molecule has 5 rings (SSSR count). The fourth-order valence-corrected chi connectivity index (χ4v) is 5.48. The van der Waals surface area contributed by atoms with Gasteiger partial charge in [-0.3, -0.25) is 4.79 Å². The number of ketones is 1. The number of benzene rings is 3. The van der Waals surface area contributed by atoms with Crippen LogP contribution in [0.1, 0.15) is 54.2 Å². The normalized spacial score (nSPS) is 27.7. The van der Waals surface area contributed by atoms with Crippen molar-refractivity contribution >= 4 is 11.9 Å². The van der Waals surface area contributed by atoms with Crippen LogP contribution in [-0.4, -0.2) is 5.78 Å². The third kappa shape index (κ3) is 3.15. The Kier molecular flexibility index (Phi) is 4.67. The number of carbonyl (C=O) groups is 1. The molecule has 1 unspecified atom stereocenters. The van der Waals surface area contributed by atoms with E-state index in [9.17, 15) is 4.79 Å². The van der Waals surface area contributed by atoms with Crippen LogP contribution in [0.3, 0.4) is 0 Å². The summed E-state index contributed by atoms with van der Waals surface area (Å²) in [4.78, 5) is 14.0. The van der Waals surface area contributed by atoms with Gasteiger partial charge in [0.2, 0.25) is 0 Å². The van der Waals surface area contributed by atoms with Crippen molar-refractivity contribution in [3.8, 4) is 0 Å². The van der Waals surface area contributed by atoms with Gasteiger partial charge in [0.05, 0.1) is 0 Å². The summed E-state index contributed by atoms with van der Waals surface area (Å²) in [7, 11) is 0. The van der Waals surface area contributed by atoms with E-state index >= 15 is 0 Å². The van der Waals surface area contributed by atoms with Crippen molar-refractivity contribution < 1.29 is 4.79 Å². The molecule has 3 aromatic rings. The van der Waals surface area contributed by atoms with Gasteiger partial charge < -0.3 is 0 Å². The van der Waals surface area contributed by atoms with Gasteiger partial charge in [-0.25, -0.2) is 0 Å². The Balaban J connectivity index is 1.60. The molecule has 3 aromatic carbocycles. The lowest BCUT2D eigenvalue weighted by Crippen LogP contribution is -2.19. The molecule has 144 valence electrons. The van der Waals surface area contributed by atoms with E-state index in [1.807, 2.05) is 18.2 Å². The summed E-state index contributed by atoms with van der Waals surface area (Å²) in [5.41, 5.74) is 4.44. The predicted molar refractivity (Wildman–Crippen MR) is 119 cm³/mol. The zero-order valence-electron chi connectivity index (χ0n) is 16.6. The summed E-state index contributed by atoms with van der Waals surface area (Å²) < 4.78 is 0. The second-order valence-electron chi connectivity index (χ2n) is 8.43. The molecule has 0 aliphatic heterocycles. The average Bonchev–Trinajstić information content (AvgIpc) is 3.49. The van der Waals surface area contributed by atoms with Crippen LogP contribution in [0, 0.1) is 5.41 Å². The minimum atomic E-state index is -0.292. The first-order valence-corrected chi connectivity index (χ1v) is 10.7. The van der Waals surface area contributed by atoms with Gasteiger partial charge in [0.1, 0.15) is 0 Å². The Morgan fingerprint density at radius 2 is 1.21 bits per heavy atom. The maximum atomic E-state index is 14.0. The molecule has 0 aromatic heterocycles. The minimum absolute atomic E-state index is 0.274. The molecular formula is C28H26O. The second kappa shape index (κ2) is 7.48. The van der Waals surface area contributed by atoms with Crippen molar-refractivity contribution in [1.29, 1.82) is 0 Å². The smallest absolute Gasteiger partial charge is 0.166 e. The van der Waals surface area contributed by atoms with Crippen LogP contribution in [0.4, 0.5) is 0 Å². The van der Waals surface area contributed by atoms with Crippen LogP contribution in [0.25, 0.3) is 6.08 Å². The topological polar surface area (TPSA) is 17.1 Å². The first kappa shape index (κ1) is 18.1. The molecule has 0 bridgehead atoms. The van der Waals surface area contributed by atoms with E-state index in [0.717, 1.165) is 36.8 Å². The Bertz CT molecular complexity index is 972. The maximum absolute atomic E-state index is 14.0. The molecule has 29 heavy (non-hydrogen) atoms. The molecule has 0 saturated heterocycles. The maximum Gasteiger partial charge on any atom is 0.166 e. The largest absolute Gasteiger partial charge is 0.294 e. The van der Waals surface area contributed by atoms with E-state index < -0.39 is 0 Å². The number of hydrogen-bond acceptors (Lipinski definition) is 1. The molecule has 0 amide bonds. The van der Waals surface area contributed by atoms with Crippen LogP contribution in [-0.2, 0) is 4.79 Å². The van der Waals surface area contributed by atoms with Crippen molar-refractivity contribution in [2.45, 2.75) is 37.5 Å². The van der Waals surface area contributed by atoms with Crippen LogP contribution in [0.15, 0.2) is 96.6 Å². The number of allylic oxidation sites excluding steroid dienone is 1. The van der Waals surface area contributed by atoms with E-state index in [2.05, 4.69) is 78.9 Å². The summed E-state index contributed by atoms with van der Waals surface area (Å²) in [6.07, 6.45) is 6.22. The molecule has 2 fully saturated rings. The number of rotatable bonds is 3. The molecule has 2 aliphatic rings. The molecule has 0 N–H and O–H groups in total. The van der Waals surface area contributed by atoms with Crippen LogP contribution in [0.2, 0.25) is 0 Å². The van der Waals surface area contributed by atoms with E-state index in [1.165, 1.54) is 11.1 Å². The third-order valence-electron chi connectivity index (χ3n) is 6.79. The highest BCUT2D eigenvalue weighted by Gasteiger charge is 2.69. The van der Waals surface area contributed by atoms with Crippen molar-refractivity contribution in [2.75, 3.05) is 0 Å². The quantitative estimate of drug-likeness (QED) is 0.459. The molecule has 0 radical (unpaired) electrons. The van der Waals surface area contributed by atoms with Gasteiger partial charge >= 0.3 is 0 Å². The fourth-order valence-electron chi connectivity index (χ4n) is 5.48. The van der Waals surface area contributed by atoms with Crippen molar-refractivity contribution in [1.82, 2.24) is 0 Å². The van der Waals surface area contributed by atoms with E-state index in [1.54, 1.807) is 0 Å². The minimum Gasteiger partial charge on any atom is -0.294 e. The Morgan fingerprint density at radius 1 is 0.690 bits per heavy atom. The average molecular weight is 379 g/mol. The summed E-state index contributed by atoms with van der Waals surface area (Å²) in [6.45, 7) is 0. The Labute approximate surface area is 173 Å². The molecule has 2 aliphatic carbocycles. The third-order valence-corrected chi connectivity index (χ3v) is 6.79. The van der Waals surface area contributed by atoms with Crippen LogP contribution >= 0.6 is 0 Å². The van der Waals surface area contributed by atoms with Gasteiger partial charge in [-0.05, 0) is 47.6 Å². The summed E-state index contributed by atoms with van der Waals surface area (Å²) in [5, 5.41) is 0. The number of Topliss-reactive ketones (excluding diaryl/α,β-unsaturated/α-hetero) is 1. The number of hydrogen-bond donors (Lipinski definition) is 0. The van der Waals surface area contributed by atoms with E-state index in [-0.39, 0.29) is 17.3 Å². The molecular weight excluding hydrogens is 352 g/mol. The predicted octanol–water partition coefficient (Wildman–Crippen LogP) is 6.78. The Hall–Kier alpha value is -2.93. The molecule has 1 heteroatoms. The van der Waals surface area contributed by atoms with E-state index in [4.69, 9.17) is 0 Å². The zero-order chi connectivity index (χ0) is 19.7. The standard InChI is InChI=1S/C28H26O/c29-27-24(20-21-12-4-1-5-13-21)18-10-11-19-28(27)25(22-14-6-2-7-15-22)26(28)23-16-8-3-9-17-23/h1-9,12-17,20,25-26H,10-11,18-19H2/b24-20+/t25-,26+,28?. The first-order chi connectivity index (χ1) is 14.3. The molecule has 1 spiro atoms.